The molecule has 8 heteroatoms. The van der Waals surface area contributed by atoms with Crippen LogP contribution in [-0.2, 0) is 14.3 Å². The highest BCUT2D eigenvalue weighted by Crippen LogP contribution is 2.21. The first-order valence-corrected chi connectivity index (χ1v) is 8.90. The lowest BCUT2D eigenvalue weighted by Crippen LogP contribution is -2.37. The van der Waals surface area contributed by atoms with Crippen molar-refractivity contribution in [2.45, 2.75) is 25.7 Å². The third-order valence-electron chi connectivity index (χ3n) is 4.63. The van der Waals surface area contributed by atoms with Crippen molar-refractivity contribution in [3.8, 4) is 0 Å². The van der Waals surface area contributed by atoms with E-state index in [0.717, 1.165) is 24.7 Å². The van der Waals surface area contributed by atoms with Gasteiger partial charge in [0.05, 0.1) is 13.2 Å². The molecule has 1 saturated heterocycles. The third kappa shape index (κ3) is 5.12. The number of ether oxygens (including phenoxy) is 1. The normalized spacial score (nSPS) is 18.9. The van der Waals surface area contributed by atoms with Crippen LogP contribution in [0.2, 0.25) is 0 Å². The quantitative estimate of drug-likeness (QED) is 0.728. The summed E-state index contributed by atoms with van der Waals surface area (Å²) in [5, 5.41) is 6.14. The van der Waals surface area contributed by atoms with Crippen LogP contribution in [0.5, 0.6) is 0 Å². The first-order chi connectivity index (χ1) is 12.2. The fraction of sp³-hybridized carbons (Fsp3) is 0.647. The highest BCUT2D eigenvalue weighted by atomic mass is 16.5. The number of hydrogen-bond acceptors (Lipinski definition) is 7. The Morgan fingerprint density at radius 3 is 2.72 bits per heavy atom. The Hall–Kier alpha value is -2.22. The molecule has 2 heterocycles. The molecule has 0 aromatic carbocycles. The van der Waals surface area contributed by atoms with Crippen LogP contribution in [0.4, 0.5) is 11.6 Å². The van der Waals surface area contributed by atoms with Gasteiger partial charge in [-0.15, -0.1) is 0 Å². The summed E-state index contributed by atoms with van der Waals surface area (Å²) in [5.41, 5.74) is 0. The fourth-order valence-corrected chi connectivity index (χ4v) is 3.13. The maximum Gasteiger partial charge on any atom is 0.223 e. The average Bonchev–Trinajstić information content (AvgIpc) is 2.66. The van der Waals surface area contributed by atoms with Crippen molar-refractivity contribution in [1.82, 2.24) is 15.3 Å². The van der Waals surface area contributed by atoms with E-state index in [1.807, 2.05) is 6.07 Å². The minimum atomic E-state index is -0.0235. The van der Waals surface area contributed by atoms with Crippen LogP contribution in [0, 0.1) is 5.92 Å². The van der Waals surface area contributed by atoms with Gasteiger partial charge in [0.1, 0.15) is 23.7 Å². The number of carbonyl (C=O) groups is 2. The van der Waals surface area contributed by atoms with Gasteiger partial charge in [-0.25, -0.2) is 9.97 Å². The predicted octanol–water partition coefficient (Wildman–Crippen LogP) is 0.601. The number of anilines is 2. The molecule has 1 amide bonds. The molecule has 0 radical (unpaired) electrons. The molecule has 136 valence electrons. The Balaban J connectivity index is 1.40. The summed E-state index contributed by atoms with van der Waals surface area (Å²) in [7, 11) is 0. The summed E-state index contributed by atoms with van der Waals surface area (Å²) in [4.78, 5) is 34.0. The Morgan fingerprint density at radius 1 is 1.20 bits per heavy atom. The van der Waals surface area contributed by atoms with E-state index < -0.39 is 0 Å². The smallest absolute Gasteiger partial charge is 0.223 e. The Bertz CT molecular complexity index is 594. The molecule has 1 aromatic heterocycles. The van der Waals surface area contributed by atoms with E-state index in [4.69, 9.17) is 4.74 Å². The van der Waals surface area contributed by atoms with Gasteiger partial charge in [0, 0.05) is 51.0 Å². The van der Waals surface area contributed by atoms with E-state index in [9.17, 15) is 9.59 Å². The van der Waals surface area contributed by atoms with Gasteiger partial charge in [-0.2, -0.15) is 0 Å². The number of amides is 1. The van der Waals surface area contributed by atoms with E-state index in [-0.39, 0.29) is 17.6 Å². The Morgan fingerprint density at radius 2 is 1.96 bits per heavy atom. The van der Waals surface area contributed by atoms with Gasteiger partial charge in [-0.1, -0.05) is 0 Å². The lowest BCUT2D eigenvalue weighted by molar-refractivity contribution is -0.128. The van der Waals surface area contributed by atoms with E-state index >= 15 is 0 Å². The molecule has 1 aliphatic heterocycles. The summed E-state index contributed by atoms with van der Waals surface area (Å²) < 4.78 is 5.35. The lowest BCUT2D eigenvalue weighted by atomic mass is 9.88. The van der Waals surface area contributed by atoms with E-state index in [1.54, 1.807) is 6.33 Å². The first kappa shape index (κ1) is 17.6. The zero-order chi connectivity index (χ0) is 17.5. The van der Waals surface area contributed by atoms with Gasteiger partial charge in [0.15, 0.2) is 0 Å². The maximum absolute atomic E-state index is 12.1. The summed E-state index contributed by atoms with van der Waals surface area (Å²) in [6.07, 6.45) is 3.95. The molecule has 1 aromatic rings. The van der Waals surface area contributed by atoms with Crippen molar-refractivity contribution >= 4 is 23.3 Å². The maximum atomic E-state index is 12.1. The van der Waals surface area contributed by atoms with Crippen molar-refractivity contribution in [3.05, 3.63) is 12.4 Å². The first-order valence-electron chi connectivity index (χ1n) is 8.90. The molecule has 0 spiro atoms. The molecule has 0 unspecified atom stereocenters. The topological polar surface area (TPSA) is 96.5 Å². The van der Waals surface area contributed by atoms with Gasteiger partial charge in [0.25, 0.3) is 0 Å². The largest absolute Gasteiger partial charge is 0.378 e. The van der Waals surface area contributed by atoms with Crippen molar-refractivity contribution in [2.75, 3.05) is 49.6 Å². The molecule has 1 saturated carbocycles. The number of carbonyl (C=O) groups excluding carboxylic acids is 2. The summed E-state index contributed by atoms with van der Waals surface area (Å²) in [6, 6.07) is 1.92. The Labute approximate surface area is 147 Å². The number of nitrogens with one attached hydrogen (secondary N) is 2. The van der Waals surface area contributed by atoms with Gasteiger partial charge in [-0.3, -0.25) is 9.59 Å². The molecule has 25 heavy (non-hydrogen) atoms. The van der Waals surface area contributed by atoms with Crippen LogP contribution in [-0.4, -0.2) is 61.1 Å². The number of hydrogen-bond donors (Lipinski definition) is 2. The van der Waals surface area contributed by atoms with Crippen LogP contribution in [0.25, 0.3) is 0 Å². The van der Waals surface area contributed by atoms with Crippen molar-refractivity contribution in [3.63, 3.8) is 0 Å². The second-order valence-electron chi connectivity index (χ2n) is 6.39. The fourth-order valence-electron chi connectivity index (χ4n) is 3.13. The summed E-state index contributed by atoms with van der Waals surface area (Å²) in [6.45, 7) is 4.21. The number of ketones is 1. The molecular weight excluding hydrogens is 322 g/mol. The summed E-state index contributed by atoms with van der Waals surface area (Å²) in [5.74, 6) is 1.92. The highest BCUT2D eigenvalue weighted by molar-refractivity contribution is 5.84. The number of aromatic nitrogens is 2. The van der Waals surface area contributed by atoms with E-state index in [2.05, 4.69) is 25.5 Å². The minimum Gasteiger partial charge on any atom is -0.378 e. The van der Waals surface area contributed by atoms with Gasteiger partial charge < -0.3 is 20.3 Å². The molecule has 1 aliphatic carbocycles. The molecule has 3 rings (SSSR count). The molecule has 0 atom stereocenters. The van der Waals surface area contributed by atoms with Crippen LogP contribution in [0.3, 0.4) is 0 Å². The SMILES string of the molecule is O=C1CCC(C(=O)NCCNc2cc(N3CCOCC3)ncn2)CC1. The number of nitrogens with zero attached hydrogens (tertiary/aromatic N) is 3. The molecule has 8 nitrogen and oxygen atoms in total. The van der Waals surface area contributed by atoms with Crippen LogP contribution >= 0.6 is 0 Å². The van der Waals surface area contributed by atoms with Crippen molar-refractivity contribution in [1.29, 1.82) is 0 Å². The second kappa shape index (κ2) is 8.75. The zero-order valence-electron chi connectivity index (χ0n) is 14.4. The highest BCUT2D eigenvalue weighted by Gasteiger charge is 2.24. The average molecular weight is 347 g/mol. The third-order valence-corrected chi connectivity index (χ3v) is 4.63. The standard InChI is InChI=1S/C17H25N5O3/c23-14-3-1-13(2-4-14)17(24)19-6-5-18-15-11-16(21-12-20-15)22-7-9-25-10-8-22/h11-13H,1-10H2,(H,19,24)(H,18,20,21). The zero-order valence-corrected chi connectivity index (χ0v) is 14.4. The minimum absolute atomic E-state index is 0.0235. The Kier molecular flexibility index (Phi) is 6.16. The summed E-state index contributed by atoms with van der Waals surface area (Å²) >= 11 is 0. The van der Waals surface area contributed by atoms with Crippen molar-refractivity contribution in [2.24, 2.45) is 5.92 Å². The van der Waals surface area contributed by atoms with E-state index in [0.29, 0.717) is 52.0 Å². The molecule has 2 aliphatic rings. The van der Waals surface area contributed by atoms with Crippen LogP contribution < -0.4 is 15.5 Å². The van der Waals surface area contributed by atoms with Crippen LogP contribution in [0.15, 0.2) is 12.4 Å². The molecule has 2 fully saturated rings. The van der Waals surface area contributed by atoms with Gasteiger partial charge in [0.2, 0.25) is 5.91 Å². The number of Topliss-reactive ketones (excluding diaryl/α,β-unsaturated/α-hetero) is 1. The van der Waals surface area contributed by atoms with Gasteiger partial charge in [-0.05, 0) is 12.8 Å². The predicted molar refractivity (Wildman–Crippen MR) is 93.5 cm³/mol. The second-order valence-corrected chi connectivity index (χ2v) is 6.39. The monoisotopic (exact) mass is 347 g/mol. The molecule has 0 bridgehead atoms. The van der Waals surface area contributed by atoms with Crippen molar-refractivity contribution < 1.29 is 14.3 Å². The van der Waals surface area contributed by atoms with Crippen LogP contribution in [0.1, 0.15) is 25.7 Å². The molecule has 2 N–H and O–H groups in total. The van der Waals surface area contributed by atoms with E-state index in [1.165, 1.54) is 0 Å². The lowest BCUT2D eigenvalue weighted by Gasteiger charge is -2.27. The molecular formula is C17H25N5O3. The van der Waals surface area contributed by atoms with Gasteiger partial charge >= 0.3 is 0 Å². The number of rotatable bonds is 6. The number of morpholine rings is 1.